The SMILES string of the molecule is NC(=NCC(c1ccco1)N1CCCCC1)N1CCOCC1. The first-order valence-electron chi connectivity index (χ1n) is 8.24. The summed E-state index contributed by atoms with van der Waals surface area (Å²) in [6.07, 6.45) is 5.56. The Kier molecular flexibility index (Phi) is 5.34. The van der Waals surface area contributed by atoms with Gasteiger partial charge in [0.05, 0.1) is 32.1 Å². The zero-order chi connectivity index (χ0) is 15.2. The summed E-state index contributed by atoms with van der Waals surface area (Å²) < 4.78 is 11.0. The summed E-state index contributed by atoms with van der Waals surface area (Å²) >= 11 is 0. The molecule has 122 valence electrons. The Morgan fingerprint density at radius 2 is 1.95 bits per heavy atom. The van der Waals surface area contributed by atoms with Crippen molar-refractivity contribution in [3.63, 3.8) is 0 Å². The second-order valence-corrected chi connectivity index (χ2v) is 5.93. The molecule has 1 aromatic heterocycles. The lowest BCUT2D eigenvalue weighted by molar-refractivity contribution is 0.0672. The van der Waals surface area contributed by atoms with Crippen molar-refractivity contribution < 1.29 is 9.15 Å². The molecule has 0 amide bonds. The van der Waals surface area contributed by atoms with Gasteiger partial charge in [-0.3, -0.25) is 9.89 Å². The Bertz CT molecular complexity index is 463. The van der Waals surface area contributed by atoms with E-state index in [-0.39, 0.29) is 6.04 Å². The predicted molar refractivity (Wildman–Crippen MR) is 85.8 cm³/mol. The van der Waals surface area contributed by atoms with Gasteiger partial charge in [0.25, 0.3) is 0 Å². The molecule has 3 rings (SSSR count). The van der Waals surface area contributed by atoms with Crippen LogP contribution in [0.25, 0.3) is 0 Å². The summed E-state index contributed by atoms with van der Waals surface area (Å²) in [7, 11) is 0. The van der Waals surface area contributed by atoms with Gasteiger partial charge in [0.2, 0.25) is 0 Å². The maximum absolute atomic E-state index is 6.15. The third-order valence-electron chi connectivity index (χ3n) is 4.46. The van der Waals surface area contributed by atoms with Crippen molar-refractivity contribution in [3.05, 3.63) is 24.2 Å². The molecular weight excluding hydrogens is 280 g/mol. The minimum atomic E-state index is 0.190. The van der Waals surface area contributed by atoms with E-state index in [0.29, 0.717) is 12.5 Å². The number of rotatable bonds is 4. The molecule has 0 bridgehead atoms. The highest BCUT2D eigenvalue weighted by molar-refractivity contribution is 5.78. The van der Waals surface area contributed by atoms with E-state index in [0.717, 1.165) is 45.2 Å². The van der Waals surface area contributed by atoms with Crippen molar-refractivity contribution in [1.29, 1.82) is 0 Å². The van der Waals surface area contributed by atoms with E-state index in [4.69, 9.17) is 14.9 Å². The molecule has 6 heteroatoms. The first-order valence-corrected chi connectivity index (χ1v) is 8.24. The summed E-state index contributed by atoms with van der Waals surface area (Å²) in [5.41, 5.74) is 6.15. The highest BCUT2D eigenvalue weighted by atomic mass is 16.5. The molecule has 0 aliphatic carbocycles. The molecule has 1 atom stereocenters. The molecule has 2 aliphatic heterocycles. The Balaban J connectivity index is 1.66. The van der Waals surface area contributed by atoms with Crippen LogP contribution in [-0.2, 0) is 4.74 Å². The number of likely N-dealkylation sites (tertiary alicyclic amines) is 1. The van der Waals surface area contributed by atoms with Crippen LogP contribution >= 0.6 is 0 Å². The van der Waals surface area contributed by atoms with E-state index in [1.165, 1.54) is 19.3 Å². The van der Waals surface area contributed by atoms with Crippen molar-refractivity contribution in [3.8, 4) is 0 Å². The van der Waals surface area contributed by atoms with E-state index in [2.05, 4.69) is 14.8 Å². The zero-order valence-corrected chi connectivity index (χ0v) is 13.1. The number of furan rings is 1. The van der Waals surface area contributed by atoms with Gasteiger partial charge in [-0.2, -0.15) is 0 Å². The first-order chi connectivity index (χ1) is 10.8. The number of hydrogen-bond acceptors (Lipinski definition) is 4. The van der Waals surface area contributed by atoms with Gasteiger partial charge in [-0.25, -0.2) is 0 Å². The van der Waals surface area contributed by atoms with Crippen LogP contribution in [-0.4, -0.2) is 61.7 Å². The van der Waals surface area contributed by atoms with Gasteiger partial charge >= 0.3 is 0 Å². The fourth-order valence-electron chi connectivity index (χ4n) is 3.17. The second-order valence-electron chi connectivity index (χ2n) is 5.93. The minimum Gasteiger partial charge on any atom is -0.468 e. The van der Waals surface area contributed by atoms with E-state index >= 15 is 0 Å². The van der Waals surface area contributed by atoms with Gasteiger partial charge in [0, 0.05) is 13.1 Å². The van der Waals surface area contributed by atoms with Crippen LogP contribution in [0.4, 0.5) is 0 Å². The third kappa shape index (κ3) is 3.81. The Morgan fingerprint density at radius 3 is 2.64 bits per heavy atom. The largest absolute Gasteiger partial charge is 0.468 e. The monoisotopic (exact) mass is 306 g/mol. The summed E-state index contributed by atoms with van der Waals surface area (Å²) in [6, 6.07) is 4.18. The van der Waals surface area contributed by atoms with E-state index in [9.17, 15) is 0 Å². The number of ether oxygens (including phenoxy) is 1. The Morgan fingerprint density at radius 1 is 1.18 bits per heavy atom. The third-order valence-corrected chi connectivity index (χ3v) is 4.46. The number of guanidine groups is 1. The summed E-state index contributed by atoms with van der Waals surface area (Å²) in [5.74, 6) is 1.61. The molecule has 1 aromatic rings. The molecule has 2 N–H and O–H groups in total. The summed E-state index contributed by atoms with van der Waals surface area (Å²) in [6.45, 7) is 5.97. The average molecular weight is 306 g/mol. The van der Waals surface area contributed by atoms with E-state index in [1.807, 2.05) is 12.1 Å². The molecule has 2 saturated heterocycles. The molecule has 0 aromatic carbocycles. The first kappa shape index (κ1) is 15.4. The Hall–Kier alpha value is -1.53. The normalized spacial score (nSPS) is 22.7. The molecule has 6 nitrogen and oxygen atoms in total. The fourth-order valence-corrected chi connectivity index (χ4v) is 3.17. The lowest BCUT2D eigenvalue weighted by atomic mass is 10.1. The van der Waals surface area contributed by atoms with Crippen molar-refractivity contribution in [2.75, 3.05) is 45.9 Å². The van der Waals surface area contributed by atoms with Gasteiger partial charge in [-0.1, -0.05) is 6.42 Å². The summed E-state index contributed by atoms with van der Waals surface area (Å²) in [4.78, 5) is 9.21. The molecule has 3 heterocycles. The molecule has 0 radical (unpaired) electrons. The van der Waals surface area contributed by atoms with Crippen LogP contribution in [0.5, 0.6) is 0 Å². The zero-order valence-electron chi connectivity index (χ0n) is 13.1. The average Bonchev–Trinajstić information content (AvgIpc) is 3.11. The molecule has 2 aliphatic rings. The van der Waals surface area contributed by atoms with Crippen molar-refractivity contribution in [1.82, 2.24) is 9.80 Å². The van der Waals surface area contributed by atoms with Crippen LogP contribution in [0.1, 0.15) is 31.1 Å². The predicted octanol–water partition coefficient (Wildman–Crippen LogP) is 1.45. The van der Waals surface area contributed by atoms with Gasteiger partial charge < -0.3 is 19.8 Å². The van der Waals surface area contributed by atoms with E-state index < -0.39 is 0 Å². The van der Waals surface area contributed by atoms with Crippen LogP contribution in [0.3, 0.4) is 0 Å². The van der Waals surface area contributed by atoms with Gasteiger partial charge in [-0.15, -0.1) is 0 Å². The van der Waals surface area contributed by atoms with Crippen molar-refractivity contribution in [2.45, 2.75) is 25.3 Å². The number of aliphatic imine (C=N–C) groups is 1. The highest BCUT2D eigenvalue weighted by Crippen LogP contribution is 2.25. The topological polar surface area (TPSA) is 67.2 Å². The van der Waals surface area contributed by atoms with Crippen LogP contribution in [0.2, 0.25) is 0 Å². The number of hydrogen-bond donors (Lipinski definition) is 1. The number of morpholine rings is 1. The lowest BCUT2D eigenvalue weighted by Crippen LogP contribution is -2.45. The standard InChI is InChI=1S/C16H26N4O2/c17-16(20-8-11-21-12-9-20)18-13-14(15-5-4-10-22-15)19-6-2-1-3-7-19/h4-5,10,14H,1-3,6-9,11-13H2,(H2,17,18). The minimum absolute atomic E-state index is 0.190. The lowest BCUT2D eigenvalue weighted by Gasteiger charge is -2.33. The van der Waals surface area contributed by atoms with Crippen molar-refractivity contribution >= 4 is 5.96 Å². The second kappa shape index (κ2) is 7.65. The van der Waals surface area contributed by atoms with Crippen molar-refractivity contribution in [2.24, 2.45) is 10.7 Å². The van der Waals surface area contributed by atoms with Gasteiger partial charge in [-0.05, 0) is 38.1 Å². The molecule has 1 unspecified atom stereocenters. The number of piperidine rings is 1. The molecular formula is C16H26N4O2. The maximum atomic E-state index is 6.15. The molecule has 2 fully saturated rings. The smallest absolute Gasteiger partial charge is 0.191 e. The highest BCUT2D eigenvalue weighted by Gasteiger charge is 2.24. The molecule has 0 spiro atoms. The van der Waals surface area contributed by atoms with Crippen LogP contribution in [0, 0.1) is 0 Å². The fraction of sp³-hybridized carbons (Fsp3) is 0.688. The Labute approximate surface area is 131 Å². The maximum Gasteiger partial charge on any atom is 0.191 e. The van der Waals surface area contributed by atoms with E-state index in [1.54, 1.807) is 6.26 Å². The van der Waals surface area contributed by atoms with Crippen LogP contribution in [0.15, 0.2) is 27.8 Å². The van der Waals surface area contributed by atoms with Gasteiger partial charge in [0.15, 0.2) is 5.96 Å². The molecule has 0 saturated carbocycles. The number of nitrogens with zero attached hydrogens (tertiary/aromatic N) is 3. The molecule has 22 heavy (non-hydrogen) atoms. The quantitative estimate of drug-likeness (QED) is 0.674. The van der Waals surface area contributed by atoms with Crippen LogP contribution < -0.4 is 5.73 Å². The number of nitrogens with two attached hydrogens (primary N) is 1. The summed E-state index contributed by atoms with van der Waals surface area (Å²) in [5, 5.41) is 0. The van der Waals surface area contributed by atoms with Gasteiger partial charge in [0.1, 0.15) is 5.76 Å².